The van der Waals surface area contributed by atoms with E-state index in [0.717, 1.165) is 9.80 Å². The molecular weight excluding hydrogens is 362 g/mol. The van der Waals surface area contributed by atoms with Crippen LogP contribution >= 0.6 is 0 Å². The highest BCUT2D eigenvalue weighted by Crippen LogP contribution is 2.20. The summed E-state index contributed by atoms with van der Waals surface area (Å²) >= 11 is 0. The Balaban J connectivity index is 0.000000156. The quantitative estimate of drug-likeness (QED) is 0.630. The van der Waals surface area contributed by atoms with Gasteiger partial charge in [0.25, 0.3) is 23.6 Å². The topological polar surface area (TPSA) is 96.8 Å². The van der Waals surface area contributed by atoms with Crippen LogP contribution in [0.25, 0.3) is 0 Å². The molecule has 2 aliphatic heterocycles. The summed E-state index contributed by atoms with van der Waals surface area (Å²) in [5, 5.41) is 0. The third-order valence-corrected chi connectivity index (χ3v) is 4.03. The lowest BCUT2D eigenvalue weighted by molar-refractivity contribution is -0.135. The van der Waals surface area contributed by atoms with Gasteiger partial charge in [-0.3, -0.25) is 33.8 Å². The van der Waals surface area contributed by atoms with Crippen LogP contribution in [0.3, 0.4) is 0 Å². The Kier molecular flexibility index (Phi) is 6.38. The molecule has 4 amide bonds. The third-order valence-electron chi connectivity index (χ3n) is 4.03. The highest BCUT2D eigenvalue weighted by molar-refractivity contribution is 6.21. The fraction of sp³-hybridized carbons (Fsp3) is 0.150. The summed E-state index contributed by atoms with van der Waals surface area (Å²) in [6.07, 6.45) is 4.23. The molecule has 0 bridgehead atoms. The largest absolute Gasteiger partial charge is 0.319 e. The van der Waals surface area contributed by atoms with E-state index in [1.165, 1.54) is 36.9 Å². The SMILES string of the molecule is CN1C(=O)C=CC1=O.CN1C(=O)c2ccccc2C1=O.Cn1ccccc1=O. The predicted octanol–water partition coefficient (Wildman–Crippen LogP) is 0.839. The van der Waals surface area contributed by atoms with Crippen molar-refractivity contribution in [2.45, 2.75) is 0 Å². The van der Waals surface area contributed by atoms with Gasteiger partial charge in [0.15, 0.2) is 0 Å². The molecule has 0 N–H and O–H groups in total. The molecule has 8 heteroatoms. The first-order valence-electron chi connectivity index (χ1n) is 8.27. The molecule has 0 unspecified atom stereocenters. The molecule has 144 valence electrons. The number of carbonyl (C=O) groups excluding carboxylic acids is 4. The first kappa shape index (κ1) is 20.5. The molecule has 1 aromatic heterocycles. The van der Waals surface area contributed by atoms with E-state index >= 15 is 0 Å². The number of nitrogens with zero attached hydrogens (tertiary/aromatic N) is 3. The summed E-state index contributed by atoms with van der Waals surface area (Å²) in [5.74, 6) is -0.906. The maximum atomic E-state index is 11.3. The Morgan fingerprint density at radius 3 is 1.39 bits per heavy atom. The summed E-state index contributed by atoms with van der Waals surface area (Å²) in [7, 11) is 4.66. The molecule has 0 radical (unpaired) electrons. The van der Waals surface area contributed by atoms with Crippen molar-refractivity contribution in [2.75, 3.05) is 14.1 Å². The zero-order valence-electron chi connectivity index (χ0n) is 15.7. The lowest BCUT2D eigenvalue weighted by atomic mass is 10.1. The van der Waals surface area contributed by atoms with Crippen LogP contribution in [0.1, 0.15) is 20.7 Å². The van der Waals surface area contributed by atoms with Crippen molar-refractivity contribution in [2.24, 2.45) is 7.05 Å². The van der Waals surface area contributed by atoms with Crippen molar-refractivity contribution < 1.29 is 19.2 Å². The molecule has 0 atom stereocenters. The van der Waals surface area contributed by atoms with Crippen LogP contribution in [0, 0.1) is 0 Å². The van der Waals surface area contributed by atoms with E-state index in [1.54, 1.807) is 43.6 Å². The number of carbonyl (C=O) groups is 4. The summed E-state index contributed by atoms with van der Waals surface area (Å²) in [6.45, 7) is 0. The van der Waals surface area contributed by atoms with E-state index in [2.05, 4.69) is 0 Å². The van der Waals surface area contributed by atoms with Crippen LogP contribution in [0.5, 0.6) is 0 Å². The maximum Gasteiger partial charge on any atom is 0.261 e. The van der Waals surface area contributed by atoms with Crippen molar-refractivity contribution in [1.82, 2.24) is 14.4 Å². The number of benzene rings is 1. The Bertz CT molecular complexity index is 969. The van der Waals surface area contributed by atoms with E-state index in [1.807, 2.05) is 6.07 Å². The van der Waals surface area contributed by atoms with Crippen molar-refractivity contribution >= 4 is 23.6 Å². The number of aromatic nitrogens is 1. The van der Waals surface area contributed by atoms with Gasteiger partial charge in [-0.25, -0.2) is 0 Å². The second-order valence-electron chi connectivity index (χ2n) is 5.93. The van der Waals surface area contributed by atoms with Gasteiger partial charge in [-0.2, -0.15) is 0 Å². The zero-order chi connectivity index (χ0) is 20.8. The number of fused-ring (bicyclic) bond motifs is 1. The fourth-order valence-corrected chi connectivity index (χ4v) is 2.29. The number of imide groups is 2. The highest BCUT2D eigenvalue weighted by atomic mass is 16.2. The van der Waals surface area contributed by atoms with E-state index in [4.69, 9.17) is 0 Å². The summed E-state index contributed by atoms with van der Waals surface area (Å²) in [6, 6.07) is 11.9. The van der Waals surface area contributed by atoms with Gasteiger partial charge in [0.05, 0.1) is 11.1 Å². The number of aryl methyl sites for hydroxylation is 1. The Morgan fingerprint density at radius 2 is 1.07 bits per heavy atom. The average Bonchev–Trinajstić information content (AvgIpc) is 3.11. The number of hydrogen-bond donors (Lipinski definition) is 0. The molecule has 28 heavy (non-hydrogen) atoms. The zero-order valence-corrected chi connectivity index (χ0v) is 15.7. The minimum atomic E-state index is -0.241. The van der Waals surface area contributed by atoms with E-state index in [0.29, 0.717) is 11.1 Å². The lowest BCUT2D eigenvalue weighted by Crippen LogP contribution is -2.24. The van der Waals surface area contributed by atoms with Gasteiger partial charge < -0.3 is 4.57 Å². The minimum Gasteiger partial charge on any atom is -0.319 e. The molecule has 2 aromatic rings. The standard InChI is InChI=1S/C9H7NO2.C6H7NO.C5H5NO2/c1-10-8(11)6-4-2-3-5-7(6)9(10)12;1-7-5-3-2-4-6(7)8;1-6-4(7)2-3-5(6)8/h2-5H,1H3;2-5H,1H3;2-3H,1H3. The molecule has 4 rings (SSSR count). The van der Waals surface area contributed by atoms with Crippen molar-refractivity contribution in [1.29, 1.82) is 0 Å². The highest BCUT2D eigenvalue weighted by Gasteiger charge is 2.31. The summed E-state index contributed by atoms with van der Waals surface area (Å²) in [4.78, 5) is 56.2. The molecule has 8 nitrogen and oxygen atoms in total. The van der Waals surface area contributed by atoms with Gasteiger partial charge in [0.1, 0.15) is 0 Å². The van der Waals surface area contributed by atoms with Crippen LogP contribution in [0.4, 0.5) is 0 Å². The normalized spacial score (nSPS) is 14.4. The maximum absolute atomic E-state index is 11.3. The van der Waals surface area contributed by atoms with Crippen molar-refractivity contribution in [3.63, 3.8) is 0 Å². The van der Waals surface area contributed by atoms with Gasteiger partial charge in [0.2, 0.25) is 5.56 Å². The molecule has 3 heterocycles. The number of hydrogen-bond acceptors (Lipinski definition) is 5. The van der Waals surface area contributed by atoms with Crippen LogP contribution in [0.2, 0.25) is 0 Å². The van der Waals surface area contributed by atoms with E-state index < -0.39 is 0 Å². The molecule has 0 saturated heterocycles. The molecular formula is C20H19N3O5. The number of pyridine rings is 1. The van der Waals surface area contributed by atoms with Crippen LogP contribution in [-0.4, -0.2) is 52.1 Å². The van der Waals surface area contributed by atoms with Crippen LogP contribution in [0.15, 0.2) is 65.6 Å². The van der Waals surface area contributed by atoms with Gasteiger partial charge in [-0.1, -0.05) is 18.2 Å². The Hall–Kier alpha value is -3.81. The van der Waals surface area contributed by atoms with Gasteiger partial charge in [-0.05, 0) is 18.2 Å². The monoisotopic (exact) mass is 381 g/mol. The van der Waals surface area contributed by atoms with Crippen LogP contribution in [-0.2, 0) is 16.6 Å². The van der Waals surface area contributed by atoms with Gasteiger partial charge in [0, 0.05) is 45.6 Å². The number of likely N-dealkylation sites (N-methyl/N-ethyl adjacent to an activating group) is 1. The second-order valence-corrected chi connectivity index (χ2v) is 5.93. The number of amides is 4. The van der Waals surface area contributed by atoms with Crippen molar-refractivity contribution in [3.8, 4) is 0 Å². The van der Waals surface area contributed by atoms with E-state index in [-0.39, 0.29) is 29.2 Å². The minimum absolute atomic E-state index is 0.0347. The molecule has 0 fully saturated rings. The average molecular weight is 381 g/mol. The molecule has 0 saturated carbocycles. The Labute approximate surface area is 161 Å². The van der Waals surface area contributed by atoms with Crippen molar-refractivity contribution in [3.05, 3.63) is 82.3 Å². The molecule has 0 aliphatic carbocycles. The lowest BCUT2D eigenvalue weighted by Gasteiger charge is -2.02. The first-order valence-corrected chi connectivity index (χ1v) is 8.27. The van der Waals surface area contributed by atoms with E-state index in [9.17, 15) is 24.0 Å². The first-order chi connectivity index (χ1) is 13.2. The number of rotatable bonds is 0. The second kappa shape index (κ2) is 8.72. The molecule has 2 aliphatic rings. The summed E-state index contributed by atoms with van der Waals surface area (Å²) in [5.41, 5.74) is 1.04. The third kappa shape index (κ3) is 4.47. The molecule has 1 aromatic carbocycles. The predicted molar refractivity (Wildman–Crippen MR) is 101 cm³/mol. The van der Waals surface area contributed by atoms with Crippen LogP contribution < -0.4 is 5.56 Å². The Morgan fingerprint density at radius 1 is 0.607 bits per heavy atom. The fourth-order valence-electron chi connectivity index (χ4n) is 2.29. The van der Waals surface area contributed by atoms with Gasteiger partial charge >= 0.3 is 0 Å². The molecule has 0 spiro atoms. The van der Waals surface area contributed by atoms with Gasteiger partial charge in [-0.15, -0.1) is 0 Å². The summed E-state index contributed by atoms with van der Waals surface area (Å²) < 4.78 is 1.53. The smallest absolute Gasteiger partial charge is 0.261 e.